The summed E-state index contributed by atoms with van der Waals surface area (Å²) in [4.78, 5) is 0. The van der Waals surface area contributed by atoms with Gasteiger partial charge in [0.15, 0.2) is 0 Å². The predicted molar refractivity (Wildman–Crippen MR) is 67.6 cm³/mol. The Bertz CT molecular complexity index is 373. The van der Waals surface area contributed by atoms with Crippen LogP contribution in [0.1, 0.15) is 25.8 Å². The molecule has 0 unspecified atom stereocenters. The Balaban J connectivity index is 2.06. The van der Waals surface area contributed by atoms with Crippen molar-refractivity contribution in [1.29, 1.82) is 0 Å². The zero-order valence-corrected chi connectivity index (χ0v) is 9.98. The highest BCUT2D eigenvalue weighted by atomic mass is 15.8. The maximum Gasteiger partial charge on any atom is 0.0592 e. The standard InChI is InChI=1S/C13H19N3/c1-3-8-15-9-10-16(14-15)13-7-5-6-12(4-2)11-13/h5-7,9-11,14H,3-4,8H2,1-2H3. The molecule has 0 radical (unpaired) electrons. The molecular weight excluding hydrogens is 198 g/mol. The third kappa shape index (κ3) is 2.36. The molecule has 2 rings (SSSR count). The van der Waals surface area contributed by atoms with E-state index in [2.05, 4.69) is 66.1 Å². The lowest BCUT2D eigenvalue weighted by molar-refractivity contribution is 0.296. The largest absolute Gasteiger partial charge is 0.296 e. The molecule has 0 aliphatic carbocycles. The Kier molecular flexibility index (Phi) is 3.47. The summed E-state index contributed by atoms with van der Waals surface area (Å²) in [6.07, 6.45) is 6.34. The Morgan fingerprint density at radius 1 is 1.19 bits per heavy atom. The van der Waals surface area contributed by atoms with Gasteiger partial charge in [-0.2, -0.15) is 0 Å². The summed E-state index contributed by atoms with van der Waals surface area (Å²) in [7, 11) is 0. The third-order valence-electron chi connectivity index (χ3n) is 2.69. The van der Waals surface area contributed by atoms with Crippen molar-refractivity contribution < 1.29 is 0 Å². The summed E-state index contributed by atoms with van der Waals surface area (Å²) in [6.45, 7) is 5.38. The number of hydrazine groups is 2. The zero-order chi connectivity index (χ0) is 11.4. The molecule has 86 valence electrons. The number of nitrogens with zero attached hydrogens (tertiary/aromatic N) is 2. The van der Waals surface area contributed by atoms with Gasteiger partial charge in [0, 0.05) is 18.9 Å². The molecule has 1 aliphatic heterocycles. The Labute approximate surface area is 97.3 Å². The lowest BCUT2D eigenvalue weighted by Crippen LogP contribution is -2.39. The first-order chi connectivity index (χ1) is 7.83. The molecule has 0 saturated carbocycles. The van der Waals surface area contributed by atoms with Crippen LogP contribution >= 0.6 is 0 Å². The number of nitrogens with one attached hydrogen (secondary N) is 1. The summed E-state index contributed by atoms with van der Waals surface area (Å²) < 4.78 is 0. The number of hydrogen-bond acceptors (Lipinski definition) is 3. The fraction of sp³-hybridized carbons (Fsp3) is 0.385. The number of benzene rings is 1. The van der Waals surface area contributed by atoms with Crippen molar-refractivity contribution in [3.63, 3.8) is 0 Å². The highest BCUT2D eigenvalue weighted by Gasteiger charge is 2.11. The van der Waals surface area contributed by atoms with Crippen molar-refractivity contribution in [3.8, 4) is 0 Å². The van der Waals surface area contributed by atoms with Gasteiger partial charge >= 0.3 is 0 Å². The molecule has 1 N–H and O–H groups in total. The first-order valence-corrected chi connectivity index (χ1v) is 5.93. The highest BCUT2D eigenvalue weighted by molar-refractivity contribution is 5.50. The molecule has 1 heterocycles. The molecule has 1 aromatic rings. The van der Waals surface area contributed by atoms with Crippen LogP contribution in [0.3, 0.4) is 0 Å². The van der Waals surface area contributed by atoms with Crippen molar-refractivity contribution in [2.24, 2.45) is 0 Å². The summed E-state index contributed by atoms with van der Waals surface area (Å²) in [5.74, 6) is 0. The second-order valence-electron chi connectivity index (χ2n) is 3.98. The molecule has 0 atom stereocenters. The van der Waals surface area contributed by atoms with Gasteiger partial charge in [0.1, 0.15) is 0 Å². The van der Waals surface area contributed by atoms with Crippen LogP contribution in [-0.2, 0) is 6.42 Å². The number of hydrogen-bond donors (Lipinski definition) is 1. The topological polar surface area (TPSA) is 18.5 Å². The third-order valence-corrected chi connectivity index (χ3v) is 2.69. The van der Waals surface area contributed by atoms with E-state index in [-0.39, 0.29) is 0 Å². The molecule has 3 heteroatoms. The van der Waals surface area contributed by atoms with Gasteiger partial charge in [-0.05, 0) is 30.5 Å². The van der Waals surface area contributed by atoms with E-state index in [1.165, 1.54) is 11.3 Å². The molecule has 0 bridgehead atoms. The second-order valence-corrected chi connectivity index (χ2v) is 3.98. The van der Waals surface area contributed by atoms with E-state index in [1.807, 2.05) is 0 Å². The van der Waals surface area contributed by atoms with Crippen LogP contribution in [0.2, 0.25) is 0 Å². The van der Waals surface area contributed by atoms with E-state index in [1.54, 1.807) is 0 Å². The second kappa shape index (κ2) is 5.03. The molecule has 0 aromatic heterocycles. The summed E-state index contributed by atoms with van der Waals surface area (Å²) in [5, 5.41) is 4.15. The van der Waals surface area contributed by atoms with Crippen molar-refractivity contribution >= 4 is 5.69 Å². The molecule has 3 nitrogen and oxygen atoms in total. The first-order valence-electron chi connectivity index (χ1n) is 5.93. The maximum atomic E-state index is 3.32. The van der Waals surface area contributed by atoms with E-state index in [4.69, 9.17) is 0 Å². The van der Waals surface area contributed by atoms with Crippen LogP contribution in [0.4, 0.5) is 5.69 Å². The van der Waals surface area contributed by atoms with Gasteiger partial charge in [-0.1, -0.05) is 26.0 Å². The first kappa shape index (κ1) is 11.0. The van der Waals surface area contributed by atoms with Crippen molar-refractivity contribution in [2.75, 3.05) is 11.6 Å². The van der Waals surface area contributed by atoms with Crippen LogP contribution in [-0.4, -0.2) is 11.6 Å². The van der Waals surface area contributed by atoms with Gasteiger partial charge in [0.05, 0.1) is 5.69 Å². The van der Waals surface area contributed by atoms with Gasteiger partial charge in [-0.25, -0.2) is 0 Å². The van der Waals surface area contributed by atoms with Gasteiger partial charge in [0.2, 0.25) is 0 Å². The molecule has 16 heavy (non-hydrogen) atoms. The maximum absolute atomic E-state index is 3.32. The Morgan fingerprint density at radius 3 is 2.81 bits per heavy atom. The minimum Gasteiger partial charge on any atom is -0.296 e. The monoisotopic (exact) mass is 217 g/mol. The fourth-order valence-electron chi connectivity index (χ4n) is 1.79. The van der Waals surface area contributed by atoms with E-state index in [9.17, 15) is 0 Å². The Morgan fingerprint density at radius 2 is 2.06 bits per heavy atom. The number of aryl methyl sites for hydroxylation is 1. The minimum atomic E-state index is 1.03. The normalized spacial score (nSPS) is 14.9. The SMILES string of the molecule is CCCN1C=CN(c2cccc(CC)c2)N1. The number of rotatable bonds is 4. The smallest absolute Gasteiger partial charge is 0.0592 e. The molecule has 0 fully saturated rings. The molecule has 1 aromatic carbocycles. The highest BCUT2D eigenvalue weighted by Crippen LogP contribution is 2.18. The van der Waals surface area contributed by atoms with Gasteiger partial charge in [-0.3, -0.25) is 10.0 Å². The van der Waals surface area contributed by atoms with Crippen molar-refractivity contribution in [2.45, 2.75) is 26.7 Å². The van der Waals surface area contributed by atoms with Gasteiger partial charge in [-0.15, -0.1) is 5.53 Å². The lowest BCUT2D eigenvalue weighted by atomic mass is 10.1. The summed E-state index contributed by atoms with van der Waals surface area (Å²) >= 11 is 0. The fourth-order valence-corrected chi connectivity index (χ4v) is 1.79. The van der Waals surface area contributed by atoms with Crippen LogP contribution in [0.5, 0.6) is 0 Å². The quantitative estimate of drug-likeness (QED) is 0.836. The molecule has 0 amide bonds. The summed E-state index contributed by atoms with van der Waals surface area (Å²) in [5.41, 5.74) is 5.87. The van der Waals surface area contributed by atoms with E-state index in [0.717, 1.165) is 19.4 Å². The van der Waals surface area contributed by atoms with Crippen LogP contribution in [0.25, 0.3) is 0 Å². The van der Waals surface area contributed by atoms with Crippen LogP contribution in [0, 0.1) is 0 Å². The molecule has 0 saturated heterocycles. The molecule has 0 spiro atoms. The summed E-state index contributed by atoms with van der Waals surface area (Å²) in [6, 6.07) is 8.60. The predicted octanol–water partition coefficient (Wildman–Crippen LogP) is 2.67. The minimum absolute atomic E-state index is 1.03. The average molecular weight is 217 g/mol. The Hall–Kier alpha value is -1.48. The van der Waals surface area contributed by atoms with Crippen LogP contribution < -0.4 is 10.5 Å². The van der Waals surface area contributed by atoms with Gasteiger partial charge in [0.25, 0.3) is 0 Å². The molecular formula is C13H19N3. The van der Waals surface area contributed by atoms with Gasteiger partial charge < -0.3 is 0 Å². The van der Waals surface area contributed by atoms with E-state index < -0.39 is 0 Å². The lowest BCUT2D eigenvalue weighted by Gasteiger charge is -2.22. The van der Waals surface area contributed by atoms with E-state index in [0.29, 0.717) is 0 Å². The zero-order valence-electron chi connectivity index (χ0n) is 9.98. The van der Waals surface area contributed by atoms with E-state index >= 15 is 0 Å². The van der Waals surface area contributed by atoms with Crippen LogP contribution in [0.15, 0.2) is 36.7 Å². The molecule has 1 aliphatic rings. The van der Waals surface area contributed by atoms with Crippen molar-refractivity contribution in [1.82, 2.24) is 10.5 Å². The van der Waals surface area contributed by atoms with Crippen molar-refractivity contribution in [3.05, 3.63) is 42.2 Å². The average Bonchev–Trinajstić information content (AvgIpc) is 2.78. The number of anilines is 1.